The van der Waals surface area contributed by atoms with Crippen LogP contribution >= 0.6 is 22.6 Å². The number of nitrogens with one attached hydrogen (secondary N) is 1. The Kier molecular flexibility index (Phi) is 5.17. The van der Waals surface area contributed by atoms with Crippen molar-refractivity contribution >= 4 is 46.0 Å². The highest BCUT2D eigenvalue weighted by molar-refractivity contribution is 14.1. The van der Waals surface area contributed by atoms with Gasteiger partial charge in [0, 0.05) is 21.4 Å². The average molecular weight is 448 g/mol. The van der Waals surface area contributed by atoms with E-state index in [1.165, 1.54) is 11.0 Å². The molecule has 1 N–H and O–H groups in total. The van der Waals surface area contributed by atoms with Crippen LogP contribution in [0.1, 0.15) is 50.8 Å². The molecule has 1 aliphatic rings. The van der Waals surface area contributed by atoms with Crippen molar-refractivity contribution in [1.82, 2.24) is 4.90 Å². The molecule has 1 heterocycles. The third-order valence-corrected chi connectivity index (χ3v) is 4.79. The molecule has 0 aliphatic carbocycles. The zero-order chi connectivity index (χ0) is 18.0. The van der Waals surface area contributed by atoms with Gasteiger partial charge in [0.25, 0.3) is 17.7 Å². The van der Waals surface area contributed by atoms with E-state index in [1.54, 1.807) is 12.1 Å². The minimum Gasteiger partial charge on any atom is -0.322 e. The minimum atomic E-state index is -0.322. The fourth-order valence-corrected chi connectivity index (χ4v) is 3.05. The molecule has 3 rings (SSSR count). The monoisotopic (exact) mass is 448 g/mol. The van der Waals surface area contributed by atoms with Crippen molar-refractivity contribution in [2.24, 2.45) is 0 Å². The van der Waals surface area contributed by atoms with Crippen LogP contribution in [0.3, 0.4) is 0 Å². The molecule has 0 fully saturated rings. The Balaban J connectivity index is 1.81. The summed E-state index contributed by atoms with van der Waals surface area (Å²) >= 11 is 2.19. The van der Waals surface area contributed by atoms with Crippen molar-refractivity contribution in [2.75, 3.05) is 11.9 Å². The molecule has 2 aromatic carbocycles. The van der Waals surface area contributed by atoms with Crippen LogP contribution in [0.2, 0.25) is 0 Å². The van der Waals surface area contributed by atoms with Gasteiger partial charge >= 0.3 is 0 Å². The average Bonchev–Trinajstić information content (AvgIpc) is 2.85. The van der Waals surface area contributed by atoms with Crippen molar-refractivity contribution in [2.45, 2.75) is 19.8 Å². The second-order valence-corrected chi connectivity index (χ2v) is 7.08. The fourth-order valence-electron chi connectivity index (χ4n) is 2.69. The SMILES string of the molecule is CCCCN1C(=O)c2ccc(C(=O)Nc3ccc(I)cc3)cc2C1=O. The number of halogens is 1. The second-order valence-electron chi connectivity index (χ2n) is 5.84. The summed E-state index contributed by atoms with van der Waals surface area (Å²) in [7, 11) is 0. The summed E-state index contributed by atoms with van der Waals surface area (Å²) in [6.07, 6.45) is 1.67. The number of amides is 3. The minimum absolute atomic E-state index is 0.280. The molecular weight excluding hydrogens is 431 g/mol. The predicted octanol–water partition coefficient (Wildman–Crippen LogP) is 3.94. The highest BCUT2D eigenvalue weighted by Gasteiger charge is 2.35. The van der Waals surface area contributed by atoms with Crippen molar-refractivity contribution in [1.29, 1.82) is 0 Å². The molecule has 2 aromatic rings. The van der Waals surface area contributed by atoms with Crippen LogP contribution in [0, 0.1) is 3.57 Å². The van der Waals surface area contributed by atoms with Crippen LogP contribution in [0.4, 0.5) is 5.69 Å². The Hall–Kier alpha value is -2.22. The maximum Gasteiger partial charge on any atom is 0.261 e. The van der Waals surface area contributed by atoms with E-state index in [9.17, 15) is 14.4 Å². The van der Waals surface area contributed by atoms with E-state index >= 15 is 0 Å². The summed E-state index contributed by atoms with van der Waals surface area (Å²) < 4.78 is 1.07. The number of benzene rings is 2. The third-order valence-electron chi connectivity index (χ3n) is 4.07. The molecule has 6 heteroatoms. The highest BCUT2D eigenvalue weighted by atomic mass is 127. The van der Waals surface area contributed by atoms with Crippen LogP contribution in [-0.4, -0.2) is 29.2 Å². The molecule has 5 nitrogen and oxygen atoms in total. The lowest BCUT2D eigenvalue weighted by molar-refractivity contribution is 0.0652. The molecular formula is C19H17IN2O3. The van der Waals surface area contributed by atoms with Gasteiger partial charge in [0.1, 0.15) is 0 Å². The molecule has 0 radical (unpaired) electrons. The number of fused-ring (bicyclic) bond motifs is 1. The van der Waals surface area contributed by atoms with Gasteiger partial charge < -0.3 is 5.32 Å². The number of hydrogen-bond acceptors (Lipinski definition) is 3. The number of carbonyl (C=O) groups is 3. The first-order valence-electron chi connectivity index (χ1n) is 8.08. The molecule has 3 amide bonds. The topological polar surface area (TPSA) is 66.5 Å². The Bertz CT molecular complexity index is 846. The van der Waals surface area contributed by atoms with Crippen LogP contribution in [0.5, 0.6) is 0 Å². The van der Waals surface area contributed by atoms with E-state index < -0.39 is 0 Å². The lowest BCUT2D eigenvalue weighted by atomic mass is 10.1. The zero-order valence-corrected chi connectivity index (χ0v) is 15.9. The summed E-state index contributed by atoms with van der Waals surface area (Å²) in [6, 6.07) is 12.1. The van der Waals surface area contributed by atoms with Crippen molar-refractivity contribution < 1.29 is 14.4 Å². The van der Waals surface area contributed by atoms with Gasteiger partial charge in [-0.3, -0.25) is 19.3 Å². The number of nitrogens with zero attached hydrogens (tertiary/aromatic N) is 1. The summed E-state index contributed by atoms with van der Waals surface area (Å²) in [5.41, 5.74) is 1.71. The van der Waals surface area contributed by atoms with Crippen LogP contribution in [-0.2, 0) is 0 Å². The molecule has 0 unspecified atom stereocenters. The zero-order valence-electron chi connectivity index (χ0n) is 13.7. The first-order chi connectivity index (χ1) is 12.0. The van der Waals surface area contributed by atoms with Crippen molar-refractivity contribution in [3.8, 4) is 0 Å². The van der Waals surface area contributed by atoms with Crippen LogP contribution in [0.25, 0.3) is 0 Å². The molecule has 0 bridgehead atoms. The summed E-state index contributed by atoms with van der Waals surface area (Å²) in [6.45, 7) is 2.41. The van der Waals surface area contributed by atoms with E-state index in [0.717, 1.165) is 16.4 Å². The van der Waals surface area contributed by atoms with Crippen molar-refractivity contribution in [3.05, 3.63) is 62.7 Å². The lowest BCUT2D eigenvalue weighted by Crippen LogP contribution is -2.30. The molecule has 0 spiro atoms. The number of hydrogen-bond donors (Lipinski definition) is 1. The van der Waals surface area contributed by atoms with Gasteiger partial charge in [0.15, 0.2) is 0 Å². The van der Waals surface area contributed by atoms with E-state index in [-0.39, 0.29) is 17.7 Å². The molecule has 128 valence electrons. The Labute approximate surface area is 159 Å². The molecule has 0 atom stereocenters. The Morgan fingerprint density at radius 3 is 2.40 bits per heavy atom. The fraction of sp³-hybridized carbons (Fsp3) is 0.211. The normalized spacial score (nSPS) is 13.1. The predicted molar refractivity (Wildman–Crippen MR) is 104 cm³/mol. The molecule has 0 saturated carbocycles. The number of imide groups is 1. The van der Waals surface area contributed by atoms with Gasteiger partial charge in [-0.2, -0.15) is 0 Å². The van der Waals surface area contributed by atoms with E-state index in [4.69, 9.17) is 0 Å². The standard InChI is InChI=1S/C19H17IN2O3/c1-2-3-10-22-18(24)15-9-4-12(11-16(15)19(22)25)17(23)21-14-7-5-13(20)6-8-14/h4-9,11H,2-3,10H2,1H3,(H,21,23). The van der Waals surface area contributed by atoms with Crippen LogP contribution in [0.15, 0.2) is 42.5 Å². The number of anilines is 1. The van der Waals surface area contributed by atoms with Crippen LogP contribution < -0.4 is 5.32 Å². The van der Waals surface area contributed by atoms with Gasteiger partial charge in [-0.15, -0.1) is 0 Å². The summed E-state index contributed by atoms with van der Waals surface area (Å²) in [5.74, 6) is -0.910. The molecule has 1 aliphatic heterocycles. The maximum atomic E-state index is 12.5. The van der Waals surface area contributed by atoms with E-state index in [2.05, 4.69) is 27.9 Å². The summed E-state index contributed by atoms with van der Waals surface area (Å²) in [4.78, 5) is 38.5. The Morgan fingerprint density at radius 1 is 1.04 bits per heavy atom. The first kappa shape index (κ1) is 17.6. The third kappa shape index (κ3) is 3.58. The van der Waals surface area contributed by atoms with Crippen molar-refractivity contribution in [3.63, 3.8) is 0 Å². The Morgan fingerprint density at radius 2 is 1.72 bits per heavy atom. The molecule has 0 aromatic heterocycles. The number of unbranched alkanes of at least 4 members (excludes halogenated alkanes) is 1. The smallest absolute Gasteiger partial charge is 0.261 e. The van der Waals surface area contributed by atoms with E-state index in [0.29, 0.717) is 28.9 Å². The molecule has 0 saturated heterocycles. The van der Waals surface area contributed by atoms with E-state index in [1.807, 2.05) is 31.2 Å². The van der Waals surface area contributed by atoms with Gasteiger partial charge in [0.05, 0.1) is 11.1 Å². The van der Waals surface area contributed by atoms with Gasteiger partial charge in [-0.25, -0.2) is 0 Å². The molecule has 25 heavy (non-hydrogen) atoms. The van der Waals surface area contributed by atoms with Gasteiger partial charge in [-0.1, -0.05) is 13.3 Å². The van der Waals surface area contributed by atoms with Gasteiger partial charge in [0.2, 0.25) is 0 Å². The summed E-state index contributed by atoms with van der Waals surface area (Å²) in [5, 5.41) is 2.80. The lowest BCUT2D eigenvalue weighted by Gasteiger charge is -2.12. The first-order valence-corrected chi connectivity index (χ1v) is 9.16. The largest absolute Gasteiger partial charge is 0.322 e. The quantitative estimate of drug-likeness (QED) is 0.557. The van der Waals surface area contributed by atoms with Gasteiger partial charge in [-0.05, 0) is 71.5 Å². The number of carbonyl (C=O) groups excluding carboxylic acids is 3. The number of rotatable bonds is 5. The highest BCUT2D eigenvalue weighted by Crippen LogP contribution is 2.25. The second kappa shape index (κ2) is 7.35. The maximum absolute atomic E-state index is 12.5.